The summed E-state index contributed by atoms with van der Waals surface area (Å²) < 4.78 is 47.7. The minimum absolute atomic E-state index is 0. The fraction of sp³-hybridized carbons (Fsp3) is 1.00. The van der Waals surface area contributed by atoms with E-state index in [4.69, 9.17) is 10.2 Å². The van der Waals surface area contributed by atoms with Gasteiger partial charge in [0.2, 0.25) is 0 Å². The summed E-state index contributed by atoms with van der Waals surface area (Å²) in [6, 6.07) is 0. The van der Waals surface area contributed by atoms with Crippen molar-refractivity contribution in [2.75, 3.05) is 14.2 Å². The smallest absolute Gasteiger partial charge is 0.809 e. The van der Waals surface area contributed by atoms with Gasteiger partial charge in [0, 0.05) is 14.2 Å². The van der Waals surface area contributed by atoms with Gasteiger partial charge >= 0.3 is 71.7 Å². The van der Waals surface area contributed by atoms with E-state index in [0.717, 1.165) is 0 Å². The van der Waals surface area contributed by atoms with E-state index in [1.165, 1.54) is 0 Å². The van der Waals surface area contributed by atoms with Gasteiger partial charge in [0.05, 0.1) is 0 Å². The third-order valence-electron chi connectivity index (χ3n) is 1.64. The maximum Gasteiger partial charge on any atom is 2.00 e. The SMILES string of the molecule is COP(=O)([O-])C(O)P(=O)([O-])[O-].COP(=O)([O-])C(O)P(=O)([O-])[O-].[Sn+2].[Sn+2].[Sn+2]. The maximum absolute atomic E-state index is 10.3. The van der Waals surface area contributed by atoms with Gasteiger partial charge in [-0.25, -0.2) is 0 Å². The Balaban J connectivity index is -0.0000000952. The van der Waals surface area contributed by atoms with Crippen molar-refractivity contribution in [2.45, 2.75) is 11.2 Å². The Morgan fingerprint density at radius 3 is 0.840 bits per heavy atom. The largest absolute Gasteiger partial charge is 2.00 e. The summed E-state index contributed by atoms with van der Waals surface area (Å²) in [5.41, 5.74) is -6.00. The molecule has 0 saturated carbocycles. The first-order valence-corrected chi connectivity index (χ1v) is 11.0. The van der Waals surface area contributed by atoms with Crippen molar-refractivity contribution in [3.63, 3.8) is 0 Å². The van der Waals surface area contributed by atoms with E-state index in [0.29, 0.717) is 14.2 Å². The fourth-order valence-corrected chi connectivity index (χ4v) is 4.25. The topological polar surface area (TPSA) is 266 Å². The first-order chi connectivity index (χ1) is 9.43. The number of aliphatic hydroxyl groups is 2. The molecule has 142 valence electrons. The van der Waals surface area contributed by atoms with Gasteiger partial charge in [-0.15, -0.1) is 0 Å². The second-order valence-electron chi connectivity index (χ2n) is 3.22. The molecule has 6 radical (unpaired) electrons. The van der Waals surface area contributed by atoms with Crippen LogP contribution in [0.2, 0.25) is 0 Å². The van der Waals surface area contributed by atoms with Crippen LogP contribution in [-0.2, 0) is 27.3 Å². The average molecular weight is 762 g/mol. The van der Waals surface area contributed by atoms with Crippen LogP contribution >= 0.6 is 30.4 Å². The van der Waals surface area contributed by atoms with Crippen molar-refractivity contribution in [3.8, 4) is 0 Å². The van der Waals surface area contributed by atoms with Crippen LogP contribution in [0.1, 0.15) is 0 Å². The third kappa shape index (κ3) is 15.4. The van der Waals surface area contributed by atoms with Gasteiger partial charge in [-0.05, 0) is 15.2 Å². The third-order valence-corrected chi connectivity index (χ3v) is 8.32. The molecule has 0 rings (SSSR count). The summed E-state index contributed by atoms with van der Waals surface area (Å²) in [5, 5.41) is 16.6. The van der Waals surface area contributed by atoms with Crippen LogP contribution in [0.4, 0.5) is 0 Å². The Bertz CT molecular complexity index is 494. The van der Waals surface area contributed by atoms with Crippen LogP contribution in [0.5, 0.6) is 0 Å². The zero-order valence-corrected chi connectivity index (χ0v) is 24.4. The van der Waals surface area contributed by atoms with E-state index in [1.54, 1.807) is 0 Å². The molecule has 0 aliphatic carbocycles. The van der Waals surface area contributed by atoms with Crippen molar-refractivity contribution < 1.29 is 66.9 Å². The molecule has 0 aromatic heterocycles. The summed E-state index contributed by atoms with van der Waals surface area (Å²) in [7, 11) is -19.7. The zero-order valence-electron chi connectivity index (χ0n) is 12.2. The van der Waals surface area contributed by atoms with Crippen molar-refractivity contribution in [3.05, 3.63) is 0 Å². The molecule has 0 aliphatic rings. The number of aliphatic hydroxyl groups excluding tert-OH is 2. The summed E-state index contributed by atoms with van der Waals surface area (Å²) in [6.07, 6.45) is 0. The van der Waals surface area contributed by atoms with Crippen molar-refractivity contribution >= 4 is 102 Å². The van der Waals surface area contributed by atoms with Crippen molar-refractivity contribution in [1.29, 1.82) is 0 Å². The standard InChI is InChI=1S/2C2H8O7P2.3Sn/c2*1-9-11(7,8)2(3)10(4,5)6;;;/h2*2-3H,1H3,(H,7,8)(H2,4,5,6);;;/q;;3*+2/p-6. The van der Waals surface area contributed by atoms with E-state index < -0.39 is 41.6 Å². The number of rotatable bonds is 6. The molecule has 0 aromatic carbocycles. The summed E-state index contributed by atoms with van der Waals surface area (Å²) in [6.45, 7) is 0. The summed E-state index contributed by atoms with van der Waals surface area (Å²) >= 11 is 0. The monoisotopic (exact) mass is 766 g/mol. The van der Waals surface area contributed by atoms with Crippen LogP contribution in [0.25, 0.3) is 0 Å². The normalized spacial score (nSPS) is 18.3. The van der Waals surface area contributed by atoms with Gasteiger partial charge in [-0.2, -0.15) is 0 Å². The predicted molar refractivity (Wildman–Crippen MR) is 73.7 cm³/mol. The Labute approximate surface area is 193 Å². The minimum Gasteiger partial charge on any atom is -0.809 e. The van der Waals surface area contributed by atoms with Gasteiger partial charge in [0.25, 0.3) is 0 Å². The van der Waals surface area contributed by atoms with Crippen LogP contribution in [0.15, 0.2) is 0 Å². The van der Waals surface area contributed by atoms with Gasteiger partial charge < -0.3 is 66.9 Å². The van der Waals surface area contributed by atoms with Crippen LogP contribution < -0.4 is 29.4 Å². The molecule has 0 amide bonds. The Morgan fingerprint density at radius 2 is 0.800 bits per heavy atom. The van der Waals surface area contributed by atoms with E-state index >= 15 is 0 Å². The molecule has 0 heterocycles. The molecule has 0 fully saturated rings. The zero-order chi connectivity index (χ0) is 18.6. The molecule has 0 saturated heterocycles. The first-order valence-electron chi connectivity index (χ1n) is 4.56. The van der Waals surface area contributed by atoms with E-state index in [9.17, 15) is 47.6 Å². The maximum atomic E-state index is 10.3. The van der Waals surface area contributed by atoms with Gasteiger partial charge in [0.15, 0.2) is 15.2 Å². The second kappa shape index (κ2) is 14.8. The molecule has 2 N–H and O–H groups in total. The van der Waals surface area contributed by atoms with E-state index in [2.05, 4.69) is 9.05 Å². The minimum atomic E-state index is -5.54. The number of hydrogen-bond donors (Lipinski definition) is 2. The Hall–Kier alpha value is 2.92. The Kier molecular flexibility index (Phi) is 22.8. The van der Waals surface area contributed by atoms with Crippen LogP contribution in [0.3, 0.4) is 0 Å². The molecule has 21 heteroatoms. The Morgan fingerprint density at radius 1 is 0.640 bits per heavy atom. The first kappa shape index (κ1) is 38.5. The van der Waals surface area contributed by atoms with Crippen LogP contribution in [-0.4, -0.2) is 107 Å². The predicted octanol–water partition coefficient (Wildman–Crippen LogP) is -6.39. The van der Waals surface area contributed by atoms with E-state index in [1.807, 2.05) is 0 Å². The molecule has 0 spiro atoms. The van der Waals surface area contributed by atoms with Crippen molar-refractivity contribution in [2.24, 2.45) is 0 Å². The molecule has 14 nitrogen and oxygen atoms in total. The quantitative estimate of drug-likeness (QED) is 0.188. The molecule has 0 aliphatic heterocycles. The van der Waals surface area contributed by atoms with Gasteiger partial charge in [-0.1, -0.05) is 0 Å². The summed E-state index contributed by atoms with van der Waals surface area (Å²) in [4.78, 5) is 60.3. The molecule has 25 heavy (non-hydrogen) atoms. The summed E-state index contributed by atoms with van der Waals surface area (Å²) in [5.74, 6) is 0. The van der Waals surface area contributed by atoms with Crippen molar-refractivity contribution in [1.82, 2.24) is 0 Å². The van der Waals surface area contributed by atoms with Gasteiger partial charge in [0.1, 0.15) is 11.2 Å². The van der Waals surface area contributed by atoms with Crippen LogP contribution in [0, 0.1) is 0 Å². The van der Waals surface area contributed by atoms with E-state index in [-0.39, 0.29) is 71.7 Å². The fourth-order valence-electron chi connectivity index (χ4n) is 0.535. The molecule has 4 unspecified atom stereocenters. The number of hydrogen-bond acceptors (Lipinski definition) is 14. The average Bonchev–Trinajstić information content (AvgIpc) is 2.35. The molecular weight excluding hydrogens is 752 g/mol. The molecule has 0 bridgehead atoms. The van der Waals surface area contributed by atoms with Gasteiger partial charge in [-0.3, -0.25) is 0 Å². The molecule has 0 aromatic rings. The molecule has 4 atom stereocenters. The molecular formula is C4H10O14P4Sn3. The second-order valence-corrected chi connectivity index (χ2v) is 11.0.